The number of aromatic nitrogens is 2. The Morgan fingerprint density at radius 3 is 2.12 bits per heavy atom. The van der Waals surface area contributed by atoms with E-state index in [1.807, 2.05) is 0 Å². The Kier molecular flexibility index (Phi) is 5.83. The lowest BCUT2D eigenvalue weighted by Gasteiger charge is -2.08. The zero-order valence-electron chi connectivity index (χ0n) is 16.9. The fourth-order valence-electron chi connectivity index (χ4n) is 3.31. The summed E-state index contributed by atoms with van der Waals surface area (Å²) in [5.74, 6) is -1.51. The predicted octanol–water partition coefficient (Wildman–Crippen LogP) is 6.46. The van der Waals surface area contributed by atoms with Crippen molar-refractivity contribution in [2.24, 2.45) is 0 Å². The van der Waals surface area contributed by atoms with E-state index in [1.165, 1.54) is 41.2 Å². The third-order valence-electron chi connectivity index (χ3n) is 4.92. The molecule has 1 aromatic heterocycles. The van der Waals surface area contributed by atoms with Gasteiger partial charge in [0.25, 0.3) is 0 Å². The molecule has 0 spiro atoms. The molecule has 1 N–H and O–H groups in total. The van der Waals surface area contributed by atoms with Gasteiger partial charge < -0.3 is 5.11 Å². The SMILES string of the molecule is O=C(O)/C=C/c1cn(-c2cccc(C(F)(F)F)c2)nc1-c1ccc(-c2ccc(F)cc2)cc1. The van der Waals surface area contributed by atoms with Gasteiger partial charge in [0.2, 0.25) is 0 Å². The van der Waals surface area contributed by atoms with Crippen LogP contribution in [0.2, 0.25) is 0 Å². The van der Waals surface area contributed by atoms with E-state index in [0.717, 1.165) is 29.3 Å². The molecule has 1 heterocycles. The summed E-state index contributed by atoms with van der Waals surface area (Å²) in [4.78, 5) is 11.0. The van der Waals surface area contributed by atoms with Gasteiger partial charge in [-0.25, -0.2) is 13.9 Å². The molecule has 4 aromatic rings. The Balaban J connectivity index is 1.75. The minimum Gasteiger partial charge on any atom is -0.478 e. The van der Waals surface area contributed by atoms with E-state index in [-0.39, 0.29) is 11.5 Å². The molecular formula is C25H16F4N2O2. The second kappa shape index (κ2) is 8.74. The molecule has 8 heteroatoms. The third-order valence-corrected chi connectivity index (χ3v) is 4.92. The van der Waals surface area contributed by atoms with Gasteiger partial charge in [-0.2, -0.15) is 18.3 Å². The first-order chi connectivity index (χ1) is 15.7. The molecule has 0 aliphatic carbocycles. The zero-order chi connectivity index (χ0) is 23.6. The number of benzene rings is 3. The Morgan fingerprint density at radius 2 is 1.52 bits per heavy atom. The smallest absolute Gasteiger partial charge is 0.416 e. The van der Waals surface area contributed by atoms with E-state index in [1.54, 1.807) is 36.4 Å². The van der Waals surface area contributed by atoms with Crippen LogP contribution >= 0.6 is 0 Å². The van der Waals surface area contributed by atoms with Crippen molar-refractivity contribution in [3.05, 3.63) is 102 Å². The number of alkyl halides is 3. The molecule has 0 amide bonds. The molecule has 3 aromatic carbocycles. The first kappa shape index (κ1) is 22.0. The van der Waals surface area contributed by atoms with Crippen LogP contribution in [0.15, 0.2) is 85.1 Å². The molecule has 0 aliphatic heterocycles. The maximum atomic E-state index is 13.2. The van der Waals surface area contributed by atoms with Crippen LogP contribution in [0.25, 0.3) is 34.1 Å². The van der Waals surface area contributed by atoms with E-state index in [4.69, 9.17) is 5.11 Å². The number of halogens is 4. The monoisotopic (exact) mass is 452 g/mol. The molecule has 0 saturated carbocycles. The lowest BCUT2D eigenvalue weighted by molar-refractivity contribution is -0.137. The molecular weight excluding hydrogens is 436 g/mol. The van der Waals surface area contributed by atoms with Crippen molar-refractivity contribution in [3.63, 3.8) is 0 Å². The van der Waals surface area contributed by atoms with Crippen molar-refractivity contribution in [2.75, 3.05) is 0 Å². The van der Waals surface area contributed by atoms with E-state index >= 15 is 0 Å². The Bertz CT molecular complexity index is 1320. The molecule has 33 heavy (non-hydrogen) atoms. The lowest BCUT2D eigenvalue weighted by Crippen LogP contribution is -2.06. The molecule has 0 radical (unpaired) electrons. The number of nitrogens with zero attached hydrogens (tertiary/aromatic N) is 2. The van der Waals surface area contributed by atoms with Gasteiger partial charge in [-0.05, 0) is 47.5 Å². The maximum absolute atomic E-state index is 13.2. The van der Waals surface area contributed by atoms with Crippen molar-refractivity contribution in [2.45, 2.75) is 6.18 Å². The van der Waals surface area contributed by atoms with Crippen LogP contribution < -0.4 is 0 Å². The van der Waals surface area contributed by atoms with Crippen molar-refractivity contribution >= 4 is 12.0 Å². The highest BCUT2D eigenvalue weighted by molar-refractivity contribution is 5.87. The number of carbonyl (C=O) groups is 1. The number of hydrogen-bond acceptors (Lipinski definition) is 2. The van der Waals surface area contributed by atoms with E-state index in [0.29, 0.717) is 16.8 Å². The van der Waals surface area contributed by atoms with Gasteiger partial charge >= 0.3 is 12.1 Å². The minimum absolute atomic E-state index is 0.184. The molecule has 4 rings (SSSR count). The van der Waals surface area contributed by atoms with Gasteiger partial charge in [0, 0.05) is 23.4 Å². The van der Waals surface area contributed by atoms with Crippen LogP contribution in [0.3, 0.4) is 0 Å². The Labute approximate surface area is 186 Å². The van der Waals surface area contributed by atoms with Crippen molar-refractivity contribution in [1.29, 1.82) is 0 Å². The number of hydrogen-bond donors (Lipinski definition) is 1. The van der Waals surface area contributed by atoms with Gasteiger partial charge in [0.05, 0.1) is 16.9 Å². The standard InChI is InChI=1S/C25H16F4N2O2/c26-21-11-8-17(9-12-21)16-4-6-18(7-5-16)24-19(10-13-23(32)33)15-31(30-24)22-3-1-2-20(14-22)25(27,28)29/h1-15H,(H,32,33)/b13-10+. The van der Waals surface area contributed by atoms with E-state index in [9.17, 15) is 22.4 Å². The predicted molar refractivity (Wildman–Crippen MR) is 116 cm³/mol. The van der Waals surface area contributed by atoms with Crippen LogP contribution in [-0.4, -0.2) is 20.9 Å². The van der Waals surface area contributed by atoms with Crippen LogP contribution in [-0.2, 0) is 11.0 Å². The topological polar surface area (TPSA) is 55.1 Å². The number of carboxylic acids is 1. The molecule has 0 fully saturated rings. The first-order valence-electron chi connectivity index (χ1n) is 9.75. The molecule has 0 aliphatic rings. The van der Waals surface area contributed by atoms with E-state index < -0.39 is 17.7 Å². The van der Waals surface area contributed by atoms with Gasteiger partial charge in [-0.15, -0.1) is 0 Å². The quantitative estimate of drug-likeness (QED) is 0.279. The molecule has 0 saturated heterocycles. The molecule has 0 unspecified atom stereocenters. The fraction of sp³-hybridized carbons (Fsp3) is 0.0400. The molecule has 166 valence electrons. The number of aliphatic carboxylic acids is 1. The number of rotatable bonds is 5. The number of carboxylic acid groups (broad SMARTS) is 1. The van der Waals surface area contributed by atoms with Gasteiger partial charge in [0.1, 0.15) is 5.82 Å². The maximum Gasteiger partial charge on any atom is 0.416 e. The largest absolute Gasteiger partial charge is 0.478 e. The summed E-state index contributed by atoms with van der Waals surface area (Å²) >= 11 is 0. The highest BCUT2D eigenvalue weighted by Crippen LogP contribution is 2.32. The average molecular weight is 452 g/mol. The minimum atomic E-state index is -4.51. The van der Waals surface area contributed by atoms with Crippen LogP contribution in [0.5, 0.6) is 0 Å². The zero-order valence-corrected chi connectivity index (χ0v) is 16.9. The Morgan fingerprint density at radius 1 is 0.909 bits per heavy atom. The van der Waals surface area contributed by atoms with Gasteiger partial charge in [-0.3, -0.25) is 0 Å². The fourth-order valence-corrected chi connectivity index (χ4v) is 3.31. The Hall–Kier alpha value is -4.20. The van der Waals surface area contributed by atoms with Gasteiger partial charge in [0.15, 0.2) is 0 Å². The normalized spacial score (nSPS) is 11.8. The summed E-state index contributed by atoms with van der Waals surface area (Å²) in [7, 11) is 0. The third kappa shape index (κ3) is 5.01. The highest BCUT2D eigenvalue weighted by atomic mass is 19.4. The van der Waals surface area contributed by atoms with Crippen LogP contribution in [0, 0.1) is 5.82 Å². The molecule has 4 nitrogen and oxygen atoms in total. The summed E-state index contributed by atoms with van der Waals surface area (Å²) in [6, 6.07) is 17.8. The average Bonchev–Trinajstić information content (AvgIpc) is 3.22. The van der Waals surface area contributed by atoms with E-state index in [2.05, 4.69) is 5.10 Å². The molecule has 0 bridgehead atoms. The second-order valence-electron chi connectivity index (χ2n) is 7.18. The highest BCUT2D eigenvalue weighted by Gasteiger charge is 2.30. The van der Waals surface area contributed by atoms with Crippen molar-refractivity contribution < 1.29 is 27.5 Å². The lowest BCUT2D eigenvalue weighted by atomic mass is 10.0. The summed E-state index contributed by atoms with van der Waals surface area (Å²) in [6.45, 7) is 0. The van der Waals surface area contributed by atoms with Crippen molar-refractivity contribution in [1.82, 2.24) is 9.78 Å². The summed E-state index contributed by atoms with van der Waals surface area (Å²) < 4.78 is 53.8. The van der Waals surface area contributed by atoms with Gasteiger partial charge in [-0.1, -0.05) is 42.5 Å². The second-order valence-corrected chi connectivity index (χ2v) is 7.18. The molecule has 0 atom stereocenters. The summed E-state index contributed by atoms with van der Waals surface area (Å²) in [5.41, 5.74) is 2.46. The van der Waals surface area contributed by atoms with Crippen LogP contribution in [0.4, 0.5) is 17.6 Å². The van der Waals surface area contributed by atoms with Crippen molar-refractivity contribution in [3.8, 4) is 28.1 Å². The summed E-state index contributed by atoms with van der Waals surface area (Å²) in [6.07, 6.45) is -0.765. The van der Waals surface area contributed by atoms with Crippen LogP contribution in [0.1, 0.15) is 11.1 Å². The summed E-state index contributed by atoms with van der Waals surface area (Å²) in [5, 5.41) is 13.4. The first-order valence-corrected chi connectivity index (χ1v) is 9.75.